The summed E-state index contributed by atoms with van der Waals surface area (Å²) in [5.74, 6) is 0.777. The first-order valence-electron chi connectivity index (χ1n) is 9.68. The summed E-state index contributed by atoms with van der Waals surface area (Å²) in [5, 5.41) is 13.4. The lowest BCUT2D eigenvalue weighted by Gasteiger charge is -2.44. The van der Waals surface area contributed by atoms with Crippen molar-refractivity contribution in [2.75, 3.05) is 18.0 Å². The van der Waals surface area contributed by atoms with Crippen molar-refractivity contribution in [2.24, 2.45) is 0 Å². The average Bonchev–Trinajstić information content (AvgIpc) is 3.38. The summed E-state index contributed by atoms with van der Waals surface area (Å²) in [4.78, 5) is 24.1. The monoisotopic (exact) mass is 446 g/mol. The van der Waals surface area contributed by atoms with E-state index in [-0.39, 0.29) is 5.60 Å². The molecule has 0 atom stereocenters. The number of ether oxygens (including phenoxy) is 1. The number of carbonyl (C=O) groups excluding carboxylic acids is 1. The van der Waals surface area contributed by atoms with Crippen molar-refractivity contribution in [1.82, 2.24) is 25.4 Å². The predicted molar refractivity (Wildman–Crippen MR) is 111 cm³/mol. The molecule has 2 aliphatic heterocycles. The molecule has 2 aromatic heterocycles. The van der Waals surface area contributed by atoms with Gasteiger partial charge in [-0.1, -0.05) is 34.1 Å². The van der Waals surface area contributed by atoms with Gasteiger partial charge in [0, 0.05) is 48.4 Å². The second-order valence-electron chi connectivity index (χ2n) is 7.44. The Balaban J connectivity index is 1.25. The Labute approximate surface area is 181 Å². The number of hydrogen-bond donors (Lipinski definition) is 0. The van der Waals surface area contributed by atoms with E-state index in [0.717, 1.165) is 70.1 Å². The Kier molecular flexibility index (Phi) is 4.82. The number of rotatable bonds is 3. The van der Waals surface area contributed by atoms with Crippen molar-refractivity contribution in [2.45, 2.75) is 38.2 Å². The molecule has 1 aromatic carbocycles. The highest BCUT2D eigenvalue weighted by atomic mass is 35.5. The van der Waals surface area contributed by atoms with E-state index in [0.29, 0.717) is 5.82 Å². The van der Waals surface area contributed by atoms with Crippen molar-refractivity contribution in [1.29, 1.82) is 0 Å². The van der Waals surface area contributed by atoms with E-state index in [2.05, 4.69) is 25.3 Å². The smallest absolute Gasteiger partial charge is 0.333 e. The third-order valence-electron chi connectivity index (χ3n) is 5.50. The number of anilines is 1. The molecular weight excluding hydrogens is 428 g/mol. The molecule has 0 unspecified atom stereocenters. The lowest BCUT2D eigenvalue weighted by atomic mass is 9.83. The first kappa shape index (κ1) is 19.3. The van der Waals surface area contributed by atoms with Crippen molar-refractivity contribution in [3.05, 3.63) is 35.0 Å². The molecule has 0 aliphatic carbocycles. The van der Waals surface area contributed by atoms with Gasteiger partial charge in [-0.2, -0.15) is 0 Å². The molecule has 3 aromatic rings. The summed E-state index contributed by atoms with van der Waals surface area (Å²) >= 11 is 7.80. The summed E-state index contributed by atoms with van der Waals surface area (Å²) in [6.07, 6.45) is 5.49. The fourth-order valence-electron chi connectivity index (χ4n) is 3.94. The van der Waals surface area contributed by atoms with Crippen molar-refractivity contribution < 1.29 is 14.4 Å². The molecule has 1 fully saturated rings. The Hall–Kier alpha value is -2.72. The van der Waals surface area contributed by atoms with Crippen LogP contribution in [0.3, 0.4) is 0 Å². The molecule has 1 saturated heterocycles. The number of halogens is 1. The molecule has 0 bridgehead atoms. The van der Waals surface area contributed by atoms with Crippen LogP contribution in [0, 0.1) is 0 Å². The van der Waals surface area contributed by atoms with Gasteiger partial charge in [0.15, 0.2) is 5.13 Å². The van der Waals surface area contributed by atoms with E-state index >= 15 is 0 Å². The molecule has 0 N–H and O–H groups in total. The number of hydrogen-bond acceptors (Lipinski definition) is 9. The summed E-state index contributed by atoms with van der Waals surface area (Å²) in [5.41, 5.74) is 0.980. The molecule has 2 aliphatic rings. The number of carbonyl (C=O) groups is 1. The van der Waals surface area contributed by atoms with Crippen LogP contribution >= 0.6 is 22.9 Å². The van der Waals surface area contributed by atoms with Crippen LogP contribution in [-0.4, -0.2) is 50.0 Å². The molecule has 11 heteroatoms. The second-order valence-corrected chi connectivity index (χ2v) is 8.86. The van der Waals surface area contributed by atoms with Gasteiger partial charge in [-0.15, -0.1) is 5.10 Å². The zero-order chi connectivity index (χ0) is 20.7. The van der Waals surface area contributed by atoms with E-state index < -0.39 is 5.97 Å². The highest BCUT2D eigenvalue weighted by Gasteiger charge is 2.40. The van der Waals surface area contributed by atoms with Gasteiger partial charge < -0.3 is 14.5 Å². The minimum absolute atomic E-state index is 0.136. The Morgan fingerprint density at radius 1 is 1.30 bits per heavy atom. The minimum Gasteiger partial charge on any atom is -0.487 e. The normalized spacial score (nSPS) is 17.5. The van der Waals surface area contributed by atoms with Crippen LogP contribution in [-0.2, 0) is 11.2 Å². The molecule has 0 saturated carbocycles. The number of aromatic nitrogens is 5. The van der Waals surface area contributed by atoms with Gasteiger partial charge in [-0.05, 0) is 30.2 Å². The zero-order valence-electron chi connectivity index (χ0n) is 16.2. The third kappa shape index (κ3) is 3.61. The fourth-order valence-corrected chi connectivity index (χ4v) is 5.09. The van der Waals surface area contributed by atoms with Crippen molar-refractivity contribution >= 4 is 34.0 Å². The van der Waals surface area contributed by atoms with E-state index in [9.17, 15) is 4.79 Å². The van der Waals surface area contributed by atoms with Gasteiger partial charge in [-0.3, -0.25) is 0 Å². The highest BCUT2D eigenvalue weighted by molar-refractivity contribution is 7.18. The summed E-state index contributed by atoms with van der Waals surface area (Å²) < 4.78 is 6.43. The lowest BCUT2D eigenvalue weighted by Crippen LogP contribution is -2.49. The summed E-state index contributed by atoms with van der Waals surface area (Å²) in [7, 11) is 0. The number of nitrogens with zero attached hydrogens (tertiary/aromatic N) is 6. The third-order valence-corrected chi connectivity index (χ3v) is 6.91. The Bertz CT molecular complexity index is 1090. The molecular formula is C19H19ClN6O3S. The van der Waals surface area contributed by atoms with Crippen LogP contribution in [0.1, 0.15) is 31.7 Å². The molecule has 30 heavy (non-hydrogen) atoms. The van der Waals surface area contributed by atoms with Crippen LogP contribution in [0.2, 0.25) is 5.02 Å². The second kappa shape index (κ2) is 7.51. The minimum atomic E-state index is -0.513. The van der Waals surface area contributed by atoms with Crippen LogP contribution in [0.4, 0.5) is 5.13 Å². The molecule has 156 valence electrons. The fraction of sp³-hybridized carbons (Fsp3) is 0.421. The topological polar surface area (TPSA) is 95.3 Å². The maximum absolute atomic E-state index is 11.0. The molecule has 5 rings (SSSR count). The number of thiazole rings is 1. The van der Waals surface area contributed by atoms with E-state index in [4.69, 9.17) is 21.2 Å². The van der Waals surface area contributed by atoms with E-state index in [1.54, 1.807) is 6.20 Å². The number of benzene rings is 1. The standard InChI is InChI=1S/C19H19ClN6O3S/c1-12(27)29-26-23-17(22-24-26)16-11-21-18(30-16)25-9-7-19(8-10-25)6-5-13-14(20)3-2-4-15(13)28-19/h2-4,11H,5-10H2,1H3. The first-order valence-corrected chi connectivity index (χ1v) is 10.9. The van der Waals surface area contributed by atoms with Crippen LogP contribution in [0.25, 0.3) is 10.7 Å². The van der Waals surface area contributed by atoms with Gasteiger partial charge in [0.25, 0.3) is 0 Å². The molecule has 0 radical (unpaired) electrons. The lowest BCUT2D eigenvalue weighted by molar-refractivity contribution is -0.145. The van der Waals surface area contributed by atoms with Gasteiger partial charge in [0.05, 0.1) is 11.1 Å². The van der Waals surface area contributed by atoms with E-state index in [1.165, 1.54) is 18.3 Å². The quantitative estimate of drug-likeness (QED) is 0.567. The Morgan fingerprint density at radius 3 is 2.93 bits per heavy atom. The highest BCUT2D eigenvalue weighted by Crippen LogP contribution is 2.42. The van der Waals surface area contributed by atoms with Gasteiger partial charge >= 0.3 is 5.97 Å². The summed E-state index contributed by atoms with van der Waals surface area (Å²) in [6, 6.07) is 5.87. The SMILES string of the molecule is CC(=O)On1nnc(-c2cnc(N3CCC4(CCc5c(Cl)cccc5O4)CC3)s2)n1. The van der Waals surface area contributed by atoms with Crippen LogP contribution in [0.15, 0.2) is 24.4 Å². The van der Waals surface area contributed by atoms with Gasteiger partial charge in [0.2, 0.25) is 5.82 Å². The van der Waals surface area contributed by atoms with Crippen molar-refractivity contribution in [3.8, 4) is 16.5 Å². The van der Waals surface area contributed by atoms with Crippen molar-refractivity contribution in [3.63, 3.8) is 0 Å². The van der Waals surface area contributed by atoms with Crippen LogP contribution < -0.4 is 14.5 Å². The molecule has 1 spiro atoms. The van der Waals surface area contributed by atoms with E-state index in [1.807, 2.05) is 18.2 Å². The number of piperidine rings is 1. The summed E-state index contributed by atoms with van der Waals surface area (Å²) in [6.45, 7) is 2.99. The molecule has 0 amide bonds. The van der Waals surface area contributed by atoms with Gasteiger partial charge in [0.1, 0.15) is 11.4 Å². The largest absolute Gasteiger partial charge is 0.487 e. The first-order chi connectivity index (χ1) is 14.5. The number of tetrazole rings is 1. The maximum Gasteiger partial charge on any atom is 0.333 e. The molecule has 9 nitrogen and oxygen atoms in total. The Morgan fingerprint density at radius 2 is 2.13 bits per heavy atom. The zero-order valence-corrected chi connectivity index (χ0v) is 17.8. The maximum atomic E-state index is 11.0. The number of fused-ring (bicyclic) bond motifs is 1. The predicted octanol–water partition coefficient (Wildman–Crippen LogP) is 2.79. The van der Waals surface area contributed by atoms with Gasteiger partial charge in [-0.25, -0.2) is 9.78 Å². The average molecular weight is 447 g/mol. The van der Waals surface area contributed by atoms with Crippen LogP contribution in [0.5, 0.6) is 5.75 Å². The molecule has 4 heterocycles.